The summed E-state index contributed by atoms with van der Waals surface area (Å²) in [6.45, 7) is 2.23. The van der Waals surface area contributed by atoms with Crippen LogP contribution in [0.2, 0.25) is 0 Å². The zero-order valence-corrected chi connectivity index (χ0v) is 11.6. The summed E-state index contributed by atoms with van der Waals surface area (Å²) < 4.78 is 1.93. The lowest BCUT2D eigenvalue weighted by Crippen LogP contribution is -2.19. The van der Waals surface area contributed by atoms with E-state index in [0.717, 1.165) is 24.3 Å². The van der Waals surface area contributed by atoms with Crippen molar-refractivity contribution in [3.05, 3.63) is 23.8 Å². The van der Waals surface area contributed by atoms with Crippen LogP contribution in [-0.2, 0) is 0 Å². The van der Waals surface area contributed by atoms with E-state index in [0.29, 0.717) is 11.6 Å². The van der Waals surface area contributed by atoms with Gasteiger partial charge in [0.05, 0.1) is 17.1 Å². The van der Waals surface area contributed by atoms with Crippen LogP contribution in [0, 0.1) is 5.92 Å². The SMILES string of the molecule is CCC1CCCC(n2nnc3c(C(=O)O)cccc32)C1. The first-order valence-electron chi connectivity index (χ1n) is 7.28. The smallest absolute Gasteiger partial charge is 0.338 e. The number of fused-ring (bicyclic) bond motifs is 1. The molecular formula is C15H19N3O2. The summed E-state index contributed by atoms with van der Waals surface area (Å²) in [5.74, 6) is -0.201. The van der Waals surface area contributed by atoms with E-state index in [1.54, 1.807) is 12.1 Å². The molecule has 3 rings (SSSR count). The minimum atomic E-state index is -0.947. The molecule has 1 fully saturated rings. The van der Waals surface area contributed by atoms with Crippen LogP contribution in [0.5, 0.6) is 0 Å². The quantitative estimate of drug-likeness (QED) is 0.931. The van der Waals surface area contributed by atoms with Gasteiger partial charge in [0.25, 0.3) is 0 Å². The van der Waals surface area contributed by atoms with Gasteiger partial charge in [-0.2, -0.15) is 0 Å². The predicted octanol–water partition coefficient (Wildman–Crippen LogP) is 3.27. The van der Waals surface area contributed by atoms with Crippen molar-refractivity contribution >= 4 is 17.0 Å². The summed E-state index contributed by atoms with van der Waals surface area (Å²) in [5, 5.41) is 17.5. The van der Waals surface area contributed by atoms with E-state index in [2.05, 4.69) is 17.2 Å². The van der Waals surface area contributed by atoms with Crippen LogP contribution in [0.15, 0.2) is 18.2 Å². The van der Waals surface area contributed by atoms with E-state index in [1.807, 2.05) is 10.7 Å². The Kier molecular flexibility index (Phi) is 3.42. The minimum Gasteiger partial charge on any atom is -0.478 e. The average Bonchev–Trinajstić information content (AvgIpc) is 2.91. The highest BCUT2D eigenvalue weighted by atomic mass is 16.4. The molecule has 1 N–H and O–H groups in total. The first kappa shape index (κ1) is 13.1. The van der Waals surface area contributed by atoms with E-state index in [-0.39, 0.29) is 5.56 Å². The molecule has 1 saturated carbocycles. The Labute approximate surface area is 117 Å². The normalized spacial score (nSPS) is 23.1. The lowest BCUT2D eigenvalue weighted by atomic mass is 9.84. The van der Waals surface area contributed by atoms with Gasteiger partial charge in [-0.05, 0) is 30.9 Å². The largest absolute Gasteiger partial charge is 0.478 e. The third kappa shape index (κ3) is 2.17. The molecule has 0 aliphatic heterocycles. The van der Waals surface area contributed by atoms with Gasteiger partial charge >= 0.3 is 5.97 Å². The molecular weight excluding hydrogens is 254 g/mol. The van der Waals surface area contributed by atoms with Crippen molar-refractivity contribution in [2.45, 2.75) is 45.1 Å². The summed E-state index contributed by atoms with van der Waals surface area (Å²) >= 11 is 0. The first-order valence-corrected chi connectivity index (χ1v) is 7.28. The molecule has 1 aliphatic rings. The molecule has 1 aliphatic carbocycles. The van der Waals surface area contributed by atoms with E-state index < -0.39 is 5.97 Å². The number of hydrogen-bond donors (Lipinski definition) is 1. The Balaban J connectivity index is 2.00. The van der Waals surface area contributed by atoms with Crippen molar-refractivity contribution in [2.75, 3.05) is 0 Å². The molecule has 2 atom stereocenters. The van der Waals surface area contributed by atoms with Crippen LogP contribution < -0.4 is 0 Å². The van der Waals surface area contributed by atoms with Crippen LogP contribution in [0.3, 0.4) is 0 Å². The number of aromatic nitrogens is 3. The van der Waals surface area contributed by atoms with Crippen LogP contribution in [0.4, 0.5) is 0 Å². The molecule has 0 radical (unpaired) electrons. The minimum absolute atomic E-state index is 0.233. The van der Waals surface area contributed by atoms with Gasteiger partial charge < -0.3 is 5.11 Å². The molecule has 5 heteroatoms. The Morgan fingerprint density at radius 2 is 2.30 bits per heavy atom. The van der Waals surface area contributed by atoms with E-state index in [4.69, 9.17) is 0 Å². The molecule has 0 spiro atoms. The maximum absolute atomic E-state index is 11.2. The molecule has 1 aromatic heterocycles. The molecule has 20 heavy (non-hydrogen) atoms. The fourth-order valence-corrected chi connectivity index (χ4v) is 3.26. The fourth-order valence-electron chi connectivity index (χ4n) is 3.26. The lowest BCUT2D eigenvalue weighted by Gasteiger charge is -2.28. The van der Waals surface area contributed by atoms with E-state index in [9.17, 15) is 9.90 Å². The number of nitrogens with zero attached hydrogens (tertiary/aromatic N) is 3. The third-order valence-corrected chi connectivity index (χ3v) is 4.41. The second-order valence-corrected chi connectivity index (χ2v) is 5.61. The van der Waals surface area contributed by atoms with Gasteiger partial charge in [-0.25, -0.2) is 9.48 Å². The number of carboxylic acid groups (broad SMARTS) is 1. The number of aromatic carboxylic acids is 1. The first-order chi connectivity index (χ1) is 9.70. The molecule has 0 amide bonds. The number of hydrogen-bond acceptors (Lipinski definition) is 3. The van der Waals surface area contributed by atoms with Crippen molar-refractivity contribution in [2.24, 2.45) is 5.92 Å². The van der Waals surface area contributed by atoms with E-state index >= 15 is 0 Å². The Morgan fingerprint density at radius 1 is 1.45 bits per heavy atom. The van der Waals surface area contributed by atoms with Gasteiger partial charge in [-0.1, -0.05) is 37.5 Å². The monoisotopic (exact) mass is 273 g/mol. The molecule has 1 aromatic carbocycles. The maximum Gasteiger partial charge on any atom is 0.338 e. The summed E-state index contributed by atoms with van der Waals surface area (Å²) in [6.07, 6.45) is 5.92. The Morgan fingerprint density at radius 3 is 3.05 bits per heavy atom. The topological polar surface area (TPSA) is 68.0 Å². The number of carboxylic acids is 1. The predicted molar refractivity (Wildman–Crippen MR) is 75.8 cm³/mol. The van der Waals surface area contributed by atoms with Gasteiger partial charge in [-0.15, -0.1) is 5.10 Å². The van der Waals surface area contributed by atoms with Gasteiger partial charge in [0, 0.05) is 0 Å². The summed E-state index contributed by atoms with van der Waals surface area (Å²) in [6, 6.07) is 5.62. The van der Waals surface area contributed by atoms with Gasteiger partial charge in [0.15, 0.2) is 0 Å². The van der Waals surface area contributed by atoms with Crippen molar-refractivity contribution in [3.8, 4) is 0 Å². The zero-order valence-electron chi connectivity index (χ0n) is 11.6. The van der Waals surface area contributed by atoms with Crippen LogP contribution in [0.25, 0.3) is 11.0 Å². The standard InChI is InChI=1S/C15H19N3O2/c1-2-10-5-3-6-11(9-10)18-13-8-4-7-12(15(19)20)14(13)16-17-18/h4,7-8,10-11H,2-3,5-6,9H2,1H3,(H,19,20). The summed E-state index contributed by atoms with van der Waals surface area (Å²) in [4.78, 5) is 11.2. The highest BCUT2D eigenvalue weighted by Gasteiger charge is 2.25. The van der Waals surface area contributed by atoms with E-state index in [1.165, 1.54) is 19.3 Å². The van der Waals surface area contributed by atoms with Crippen molar-refractivity contribution in [1.29, 1.82) is 0 Å². The van der Waals surface area contributed by atoms with Gasteiger partial charge in [0.1, 0.15) is 5.52 Å². The molecule has 1 heterocycles. The Hall–Kier alpha value is -1.91. The highest BCUT2D eigenvalue weighted by Crippen LogP contribution is 2.35. The van der Waals surface area contributed by atoms with Gasteiger partial charge in [0.2, 0.25) is 0 Å². The van der Waals surface area contributed by atoms with Gasteiger partial charge in [-0.3, -0.25) is 0 Å². The second-order valence-electron chi connectivity index (χ2n) is 5.61. The molecule has 5 nitrogen and oxygen atoms in total. The van der Waals surface area contributed by atoms with Crippen LogP contribution in [0.1, 0.15) is 55.4 Å². The molecule has 0 bridgehead atoms. The number of rotatable bonds is 3. The number of carbonyl (C=O) groups is 1. The van der Waals surface area contributed by atoms with Crippen LogP contribution >= 0.6 is 0 Å². The fraction of sp³-hybridized carbons (Fsp3) is 0.533. The third-order valence-electron chi connectivity index (χ3n) is 4.41. The average molecular weight is 273 g/mol. The van der Waals surface area contributed by atoms with Crippen molar-refractivity contribution in [3.63, 3.8) is 0 Å². The number of benzene rings is 1. The van der Waals surface area contributed by atoms with Crippen LogP contribution in [-0.4, -0.2) is 26.1 Å². The molecule has 2 unspecified atom stereocenters. The maximum atomic E-state index is 11.2. The second kappa shape index (κ2) is 5.23. The summed E-state index contributed by atoms with van der Waals surface area (Å²) in [7, 11) is 0. The molecule has 106 valence electrons. The Bertz CT molecular complexity index is 635. The van der Waals surface area contributed by atoms with Crippen molar-refractivity contribution in [1.82, 2.24) is 15.0 Å². The zero-order chi connectivity index (χ0) is 14.1. The van der Waals surface area contributed by atoms with Crippen molar-refractivity contribution < 1.29 is 9.90 Å². The summed E-state index contributed by atoms with van der Waals surface area (Å²) in [5.41, 5.74) is 1.57. The molecule has 0 saturated heterocycles. The highest BCUT2D eigenvalue weighted by molar-refractivity contribution is 6.00. The molecule has 2 aromatic rings. The lowest BCUT2D eigenvalue weighted by molar-refractivity contribution is 0.0699.